The van der Waals surface area contributed by atoms with Crippen LogP contribution in [0, 0.1) is 0 Å². The molecule has 5 rings (SSSR count). The van der Waals surface area contributed by atoms with Gasteiger partial charge in [-0.05, 0) is 71.6 Å². The molecule has 238 valence electrons. The highest BCUT2D eigenvalue weighted by Crippen LogP contribution is 2.43. The van der Waals surface area contributed by atoms with Gasteiger partial charge in [-0.3, -0.25) is 10.2 Å². The Hall–Kier alpha value is -3.66. The van der Waals surface area contributed by atoms with Crippen LogP contribution in [-0.4, -0.2) is 42.2 Å². The van der Waals surface area contributed by atoms with Crippen LogP contribution in [-0.2, 0) is 16.0 Å². The van der Waals surface area contributed by atoms with Crippen molar-refractivity contribution in [2.24, 2.45) is 4.99 Å². The highest BCUT2D eigenvalue weighted by Gasteiger charge is 2.52. The zero-order chi connectivity index (χ0) is 32.4. The Morgan fingerprint density at radius 3 is 2.50 bits per heavy atom. The molecular formula is C36H34BrCl2N3O4. The molecule has 4 aromatic rings. The molecule has 2 atom stereocenters. The molecule has 0 aromatic heterocycles. The summed E-state index contributed by atoms with van der Waals surface area (Å²) in [6, 6.07) is 30.3. The first-order chi connectivity index (χ1) is 22.4. The van der Waals surface area contributed by atoms with Crippen LogP contribution in [0.2, 0.25) is 10.0 Å². The predicted molar refractivity (Wildman–Crippen MR) is 187 cm³/mol. The summed E-state index contributed by atoms with van der Waals surface area (Å²) in [7, 11) is 0. The van der Waals surface area contributed by atoms with Gasteiger partial charge >= 0.3 is 0 Å². The molecule has 7 nitrogen and oxygen atoms in total. The van der Waals surface area contributed by atoms with Gasteiger partial charge in [-0.25, -0.2) is 10.4 Å². The van der Waals surface area contributed by atoms with E-state index in [9.17, 15) is 4.79 Å². The minimum Gasteiger partial charge on any atom is -0.494 e. The monoisotopic (exact) mass is 721 g/mol. The van der Waals surface area contributed by atoms with Crippen LogP contribution >= 0.6 is 39.1 Å². The van der Waals surface area contributed by atoms with Gasteiger partial charge < -0.3 is 14.6 Å². The topological polar surface area (TPSA) is 92.2 Å². The Morgan fingerprint density at radius 1 is 1.02 bits per heavy atom. The lowest BCUT2D eigenvalue weighted by molar-refractivity contribution is -0.129. The number of nitrogens with one attached hydrogen (secondary N) is 2. The minimum absolute atomic E-state index is 0.0623. The average Bonchev–Trinajstić information content (AvgIpc) is 3.46. The standard InChI is InChI=1S/C36H34BrCl2N3O4/c37-29-14-9-27(10-15-29)33-36(20-4-8-25-6-2-1-3-7-25,35(44)42-40-21-19-26-11-16-30(38)24-32(26)39)41-34(46-33)28-12-17-31(18-13-28)45-23-5-22-43/h1-4,6-18,24,33,40,43H,5,19-23H2,(H,42,44)/b8-4+/t33-,36-/m0/s1. The number of aliphatic hydroxyl groups excluding tert-OH is 1. The number of carbonyl (C=O) groups excluding carboxylic acids is 1. The number of aliphatic hydroxyl groups is 1. The van der Waals surface area contributed by atoms with Crippen molar-refractivity contribution in [3.8, 4) is 5.75 Å². The fourth-order valence-corrected chi connectivity index (χ4v) is 5.83. The molecule has 0 unspecified atom stereocenters. The molecule has 0 saturated heterocycles. The van der Waals surface area contributed by atoms with E-state index in [4.69, 9.17) is 42.8 Å². The minimum atomic E-state index is -1.34. The number of hydrazine groups is 1. The number of amides is 1. The molecule has 0 aliphatic carbocycles. The second-order valence-corrected chi connectivity index (χ2v) is 12.5. The lowest BCUT2D eigenvalue weighted by Gasteiger charge is -2.30. The highest BCUT2D eigenvalue weighted by molar-refractivity contribution is 9.10. The maximum Gasteiger partial charge on any atom is 0.266 e. The fraction of sp³-hybridized carbons (Fsp3) is 0.222. The van der Waals surface area contributed by atoms with Crippen LogP contribution < -0.4 is 15.6 Å². The molecule has 1 amide bonds. The number of nitrogens with zero attached hydrogens (tertiary/aromatic N) is 1. The number of halogens is 3. The molecular weight excluding hydrogens is 689 g/mol. The third kappa shape index (κ3) is 8.57. The summed E-state index contributed by atoms with van der Waals surface area (Å²) in [5.74, 6) is 0.686. The van der Waals surface area contributed by atoms with Crippen LogP contribution in [0.4, 0.5) is 0 Å². The van der Waals surface area contributed by atoms with E-state index in [1.807, 2.05) is 97.1 Å². The van der Waals surface area contributed by atoms with Crippen molar-refractivity contribution in [2.45, 2.75) is 30.9 Å². The van der Waals surface area contributed by atoms with E-state index >= 15 is 0 Å². The molecule has 3 N–H and O–H groups in total. The number of benzene rings is 4. The summed E-state index contributed by atoms with van der Waals surface area (Å²) in [6.07, 6.45) is 4.61. The molecule has 46 heavy (non-hydrogen) atoms. The first kappa shape index (κ1) is 33.7. The summed E-state index contributed by atoms with van der Waals surface area (Å²) in [4.78, 5) is 19.3. The first-order valence-corrected chi connectivity index (χ1v) is 16.5. The van der Waals surface area contributed by atoms with E-state index in [0.29, 0.717) is 53.2 Å². The van der Waals surface area contributed by atoms with Crippen LogP contribution in [0.3, 0.4) is 0 Å². The number of hydrogen-bond donors (Lipinski definition) is 3. The molecule has 1 heterocycles. The van der Waals surface area contributed by atoms with E-state index in [1.165, 1.54) is 0 Å². The maximum absolute atomic E-state index is 14.3. The van der Waals surface area contributed by atoms with Crippen molar-refractivity contribution >= 4 is 57.0 Å². The van der Waals surface area contributed by atoms with E-state index in [1.54, 1.807) is 12.1 Å². The second-order valence-electron chi connectivity index (χ2n) is 10.7. The smallest absolute Gasteiger partial charge is 0.266 e. The van der Waals surface area contributed by atoms with Crippen LogP contribution in [0.25, 0.3) is 6.08 Å². The first-order valence-electron chi connectivity index (χ1n) is 14.9. The quantitative estimate of drug-likeness (QED) is 0.0915. The molecule has 1 aliphatic rings. The lowest BCUT2D eigenvalue weighted by Crippen LogP contribution is -2.52. The Morgan fingerprint density at radius 2 is 1.78 bits per heavy atom. The molecule has 0 bridgehead atoms. The zero-order valence-electron chi connectivity index (χ0n) is 25.0. The van der Waals surface area contributed by atoms with Gasteiger partial charge in [0.2, 0.25) is 5.90 Å². The van der Waals surface area contributed by atoms with Gasteiger partial charge in [-0.15, -0.1) is 0 Å². The van der Waals surface area contributed by atoms with Crippen molar-refractivity contribution in [1.82, 2.24) is 10.9 Å². The summed E-state index contributed by atoms with van der Waals surface area (Å²) in [5.41, 5.74) is 8.08. The Kier molecular flexibility index (Phi) is 11.9. The van der Waals surface area contributed by atoms with Gasteiger partial charge in [0, 0.05) is 46.1 Å². The molecule has 0 spiro atoms. The van der Waals surface area contributed by atoms with E-state index in [-0.39, 0.29) is 18.9 Å². The Bertz CT molecular complexity index is 1670. The maximum atomic E-state index is 14.3. The van der Waals surface area contributed by atoms with Crippen molar-refractivity contribution in [3.05, 3.63) is 140 Å². The van der Waals surface area contributed by atoms with Gasteiger partial charge in [0.05, 0.1) is 6.61 Å². The van der Waals surface area contributed by atoms with Gasteiger partial charge in [0.1, 0.15) is 5.75 Å². The third-order valence-electron chi connectivity index (χ3n) is 7.48. The predicted octanol–water partition coefficient (Wildman–Crippen LogP) is 7.74. The number of aliphatic imine (C=N–C) groups is 1. The van der Waals surface area contributed by atoms with E-state index in [0.717, 1.165) is 21.2 Å². The van der Waals surface area contributed by atoms with Crippen LogP contribution in [0.5, 0.6) is 5.75 Å². The Balaban J connectivity index is 1.44. The van der Waals surface area contributed by atoms with Crippen molar-refractivity contribution in [1.29, 1.82) is 0 Å². The van der Waals surface area contributed by atoms with Gasteiger partial charge in [-0.2, -0.15) is 0 Å². The Labute approximate surface area is 287 Å². The summed E-state index contributed by atoms with van der Waals surface area (Å²) >= 11 is 15.9. The van der Waals surface area contributed by atoms with Gasteiger partial charge in [0.25, 0.3) is 5.91 Å². The van der Waals surface area contributed by atoms with Crippen molar-refractivity contribution in [2.75, 3.05) is 19.8 Å². The lowest BCUT2D eigenvalue weighted by atomic mass is 9.84. The SMILES string of the molecule is O=C(NNCCc1ccc(Cl)cc1Cl)[C@@]1(C/C=C/c2ccccc2)N=C(c2ccc(OCCCO)cc2)O[C@H]1c1ccc(Br)cc1. The average molecular weight is 723 g/mol. The number of hydrogen-bond acceptors (Lipinski definition) is 6. The summed E-state index contributed by atoms with van der Waals surface area (Å²) in [5, 5.41) is 10.2. The number of rotatable bonds is 14. The molecule has 1 aliphatic heterocycles. The number of ether oxygens (including phenoxy) is 2. The van der Waals surface area contributed by atoms with Gasteiger partial charge in [-0.1, -0.05) is 99.8 Å². The van der Waals surface area contributed by atoms with Crippen molar-refractivity contribution in [3.63, 3.8) is 0 Å². The third-order valence-corrected chi connectivity index (χ3v) is 8.59. The van der Waals surface area contributed by atoms with E-state index < -0.39 is 11.6 Å². The summed E-state index contributed by atoms with van der Waals surface area (Å²) in [6.45, 7) is 0.904. The second kappa shape index (κ2) is 16.3. The van der Waals surface area contributed by atoms with E-state index in [2.05, 4.69) is 26.8 Å². The summed E-state index contributed by atoms with van der Waals surface area (Å²) < 4.78 is 13.2. The van der Waals surface area contributed by atoms with Crippen LogP contribution in [0.1, 0.15) is 41.2 Å². The highest BCUT2D eigenvalue weighted by atomic mass is 79.9. The van der Waals surface area contributed by atoms with Crippen molar-refractivity contribution < 1.29 is 19.4 Å². The zero-order valence-corrected chi connectivity index (χ0v) is 28.1. The molecule has 0 fully saturated rings. The largest absolute Gasteiger partial charge is 0.494 e. The molecule has 10 heteroatoms. The molecule has 0 saturated carbocycles. The number of carbonyl (C=O) groups is 1. The van der Waals surface area contributed by atoms with Gasteiger partial charge in [0.15, 0.2) is 11.6 Å². The van der Waals surface area contributed by atoms with Crippen LogP contribution in [0.15, 0.2) is 113 Å². The molecule has 0 radical (unpaired) electrons. The normalized spacial score (nSPS) is 17.5. The fourth-order valence-electron chi connectivity index (χ4n) is 5.06. The molecule has 4 aromatic carbocycles.